The molecular formula is C23H23FN4O. The Labute approximate surface area is 169 Å². The third-order valence-electron chi connectivity index (χ3n) is 6.22. The van der Waals surface area contributed by atoms with Gasteiger partial charge in [0.15, 0.2) is 0 Å². The molecule has 1 aromatic heterocycles. The van der Waals surface area contributed by atoms with Crippen molar-refractivity contribution in [2.75, 3.05) is 24.5 Å². The second-order valence-electron chi connectivity index (χ2n) is 7.94. The number of anilines is 1. The summed E-state index contributed by atoms with van der Waals surface area (Å²) < 4.78 is 16.5. The van der Waals surface area contributed by atoms with Crippen LogP contribution in [0.15, 0.2) is 54.9 Å². The van der Waals surface area contributed by atoms with E-state index in [0.717, 1.165) is 35.3 Å². The van der Waals surface area contributed by atoms with Crippen LogP contribution in [0.1, 0.15) is 17.5 Å². The summed E-state index contributed by atoms with van der Waals surface area (Å²) in [5.41, 5.74) is 3.92. The molecule has 148 valence electrons. The lowest BCUT2D eigenvalue weighted by Gasteiger charge is -2.23. The molecule has 0 saturated carbocycles. The number of fused-ring (bicyclic) bond motifs is 2. The van der Waals surface area contributed by atoms with E-state index in [4.69, 9.17) is 0 Å². The molecule has 1 unspecified atom stereocenters. The molecule has 1 N–H and O–H groups in total. The molecule has 0 bridgehead atoms. The van der Waals surface area contributed by atoms with Crippen LogP contribution in [0.5, 0.6) is 0 Å². The maximum Gasteiger partial charge on any atom is 0.239 e. The fourth-order valence-electron chi connectivity index (χ4n) is 4.66. The fourth-order valence-corrected chi connectivity index (χ4v) is 4.66. The summed E-state index contributed by atoms with van der Waals surface area (Å²) in [7, 11) is 1.84. The minimum absolute atomic E-state index is 0.135. The SMILES string of the molecule is Cn1cc(-c2ccc(CCN3C(=O)C4(CCNC4)c4ccccc43)c(F)c2)cn1. The topological polar surface area (TPSA) is 50.2 Å². The first-order valence-electron chi connectivity index (χ1n) is 9.98. The lowest BCUT2D eigenvalue weighted by atomic mass is 9.81. The van der Waals surface area contributed by atoms with E-state index in [-0.39, 0.29) is 11.7 Å². The van der Waals surface area contributed by atoms with Gasteiger partial charge in [-0.25, -0.2) is 4.39 Å². The largest absolute Gasteiger partial charge is 0.315 e. The van der Waals surface area contributed by atoms with E-state index >= 15 is 0 Å². The molecule has 5 rings (SSSR count). The zero-order valence-electron chi connectivity index (χ0n) is 16.4. The molecule has 3 heterocycles. The van der Waals surface area contributed by atoms with Crippen molar-refractivity contribution < 1.29 is 9.18 Å². The van der Waals surface area contributed by atoms with Gasteiger partial charge < -0.3 is 10.2 Å². The zero-order chi connectivity index (χ0) is 20.0. The van der Waals surface area contributed by atoms with Gasteiger partial charge in [-0.1, -0.05) is 30.3 Å². The summed E-state index contributed by atoms with van der Waals surface area (Å²) in [6.07, 6.45) is 4.88. The summed E-state index contributed by atoms with van der Waals surface area (Å²) in [5, 5.41) is 7.48. The Morgan fingerprint density at radius 3 is 2.79 bits per heavy atom. The van der Waals surface area contributed by atoms with Crippen molar-refractivity contribution in [1.29, 1.82) is 0 Å². The summed E-state index contributed by atoms with van der Waals surface area (Å²) >= 11 is 0. The molecule has 2 aromatic carbocycles. The van der Waals surface area contributed by atoms with Crippen molar-refractivity contribution in [3.8, 4) is 11.1 Å². The van der Waals surface area contributed by atoms with Crippen molar-refractivity contribution in [2.45, 2.75) is 18.3 Å². The van der Waals surface area contributed by atoms with Crippen molar-refractivity contribution >= 4 is 11.6 Å². The average molecular weight is 390 g/mol. The first-order valence-corrected chi connectivity index (χ1v) is 9.98. The minimum atomic E-state index is -0.459. The predicted octanol–water partition coefficient (Wildman–Crippen LogP) is 3.05. The van der Waals surface area contributed by atoms with Crippen LogP contribution < -0.4 is 10.2 Å². The molecule has 1 fully saturated rings. The van der Waals surface area contributed by atoms with E-state index in [9.17, 15) is 9.18 Å². The van der Waals surface area contributed by atoms with Crippen LogP contribution in [0.3, 0.4) is 0 Å². The highest BCUT2D eigenvalue weighted by Gasteiger charge is 2.51. The number of hydrogen-bond donors (Lipinski definition) is 1. The summed E-state index contributed by atoms with van der Waals surface area (Å²) in [5.74, 6) is -0.111. The maximum absolute atomic E-state index is 14.8. The van der Waals surface area contributed by atoms with E-state index in [0.29, 0.717) is 25.1 Å². The van der Waals surface area contributed by atoms with E-state index in [1.54, 1.807) is 16.9 Å². The number of halogens is 1. The number of rotatable bonds is 4. The normalized spacial score (nSPS) is 20.6. The second kappa shape index (κ2) is 6.81. The van der Waals surface area contributed by atoms with Crippen LogP contribution in [-0.2, 0) is 23.7 Å². The van der Waals surface area contributed by atoms with Gasteiger partial charge in [-0.05, 0) is 48.2 Å². The number of aromatic nitrogens is 2. The molecule has 29 heavy (non-hydrogen) atoms. The minimum Gasteiger partial charge on any atom is -0.315 e. The second-order valence-corrected chi connectivity index (χ2v) is 7.94. The summed E-state index contributed by atoms with van der Waals surface area (Å²) in [6, 6.07) is 13.3. The Balaban J connectivity index is 1.38. The van der Waals surface area contributed by atoms with Crippen LogP contribution in [-0.4, -0.2) is 35.3 Å². The van der Waals surface area contributed by atoms with Gasteiger partial charge in [0.2, 0.25) is 5.91 Å². The molecule has 5 nitrogen and oxygen atoms in total. The third kappa shape index (κ3) is 2.86. The molecule has 2 aliphatic rings. The van der Waals surface area contributed by atoms with Crippen LogP contribution in [0.25, 0.3) is 11.1 Å². The monoisotopic (exact) mass is 390 g/mol. The Morgan fingerprint density at radius 2 is 2.07 bits per heavy atom. The quantitative estimate of drug-likeness (QED) is 0.745. The van der Waals surface area contributed by atoms with Crippen LogP contribution in [0, 0.1) is 5.82 Å². The number of carbonyl (C=O) groups excluding carboxylic acids is 1. The van der Waals surface area contributed by atoms with Crippen LogP contribution >= 0.6 is 0 Å². The number of nitrogens with zero attached hydrogens (tertiary/aromatic N) is 3. The van der Waals surface area contributed by atoms with Gasteiger partial charge in [-0.2, -0.15) is 5.10 Å². The molecule has 1 amide bonds. The number of carbonyl (C=O) groups is 1. The Kier molecular flexibility index (Phi) is 4.24. The van der Waals surface area contributed by atoms with Crippen molar-refractivity contribution in [2.24, 2.45) is 7.05 Å². The van der Waals surface area contributed by atoms with Gasteiger partial charge in [0.25, 0.3) is 0 Å². The van der Waals surface area contributed by atoms with Gasteiger partial charge in [-0.3, -0.25) is 9.48 Å². The van der Waals surface area contributed by atoms with E-state index < -0.39 is 5.41 Å². The molecule has 3 aromatic rings. The van der Waals surface area contributed by atoms with Gasteiger partial charge in [0.1, 0.15) is 5.82 Å². The lowest BCUT2D eigenvalue weighted by Crippen LogP contribution is -2.42. The van der Waals surface area contributed by atoms with Crippen molar-refractivity contribution in [3.63, 3.8) is 0 Å². The molecule has 1 atom stereocenters. The number of nitrogens with one attached hydrogen (secondary N) is 1. The molecule has 0 aliphatic carbocycles. The first-order chi connectivity index (χ1) is 14.1. The van der Waals surface area contributed by atoms with E-state index in [1.165, 1.54) is 0 Å². The van der Waals surface area contributed by atoms with Crippen molar-refractivity contribution in [1.82, 2.24) is 15.1 Å². The summed E-state index contributed by atoms with van der Waals surface area (Å²) in [4.78, 5) is 15.2. The van der Waals surface area contributed by atoms with Crippen molar-refractivity contribution in [3.05, 3.63) is 71.8 Å². The van der Waals surface area contributed by atoms with Gasteiger partial charge in [0.05, 0.1) is 11.6 Å². The smallest absolute Gasteiger partial charge is 0.239 e. The van der Waals surface area contributed by atoms with Crippen LogP contribution in [0.2, 0.25) is 0 Å². The van der Waals surface area contributed by atoms with Crippen LogP contribution in [0.4, 0.5) is 10.1 Å². The number of hydrogen-bond acceptors (Lipinski definition) is 3. The highest BCUT2D eigenvalue weighted by atomic mass is 19.1. The predicted molar refractivity (Wildman–Crippen MR) is 110 cm³/mol. The Morgan fingerprint density at radius 1 is 1.21 bits per heavy atom. The first kappa shape index (κ1) is 18.1. The average Bonchev–Trinajstić information content (AvgIpc) is 3.43. The number of amides is 1. The maximum atomic E-state index is 14.8. The van der Waals surface area contributed by atoms with Gasteiger partial charge in [0, 0.05) is 37.6 Å². The number of aryl methyl sites for hydroxylation is 1. The highest BCUT2D eigenvalue weighted by molar-refractivity contribution is 6.08. The zero-order valence-corrected chi connectivity index (χ0v) is 16.4. The molecular weight excluding hydrogens is 367 g/mol. The van der Waals surface area contributed by atoms with Gasteiger partial charge in [-0.15, -0.1) is 0 Å². The van der Waals surface area contributed by atoms with E-state index in [1.807, 2.05) is 48.5 Å². The number of para-hydroxylation sites is 1. The molecule has 1 saturated heterocycles. The Hall–Kier alpha value is -2.99. The number of benzene rings is 2. The van der Waals surface area contributed by atoms with Gasteiger partial charge >= 0.3 is 0 Å². The molecule has 6 heteroatoms. The molecule has 0 radical (unpaired) electrons. The molecule has 2 aliphatic heterocycles. The fraction of sp³-hybridized carbons (Fsp3) is 0.304. The van der Waals surface area contributed by atoms with E-state index in [2.05, 4.69) is 16.5 Å². The third-order valence-corrected chi connectivity index (χ3v) is 6.22. The summed E-state index contributed by atoms with van der Waals surface area (Å²) in [6.45, 7) is 1.99. The highest BCUT2D eigenvalue weighted by Crippen LogP contribution is 2.45. The lowest BCUT2D eigenvalue weighted by molar-refractivity contribution is -0.122. The Bertz CT molecular complexity index is 1080. The standard InChI is InChI=1S/C23H23FN4O/c1-27-14-18(13-26-27)17-7-6-16(20(24)12-17)8-11-28-21-5-3-2-4-19(21)23(22(28)29)9-10-25-15-23/h2-7,12-14,25H,8-11,15H2,1H3. The molecule has 1 spiro atoms.